The quantitative estimate of drug-likeness (QED) is 0.597. The van der Waals surface area contributed by atoms with Crippen molar-refractivity contribution in [2.24, 2.45) is 0 Å². The zero-order chi connectivity index (χ0) is 5.98. The van der Waals surface area contributed by atoms with Gasteiger partial charge in [-0.05, 0) is 18.4 Å². The molecule has 0 aliphatic carbocycles. The van der Waals surface area contributed by atoms with Crippen LogP contribution in [0.5, 0.6) is 0 Å². The number of thiophene rings is 1. The molecule has 0 N–H and O–H groups in total. The Bertz CT molecular complexity index is 144. The molecular weight excluding hydrogens is 184 g/mol. The molecule has 43 valence electrons. The van der Waals surface area contributed by atoms with Crippen molar-refractivity contribution >= 4 is 27.3 Å². The second-order valence-corrected chi connectivity index (χ2v) is 3.57. The number of halogens is 1. The van der Waals surface area contributed by atoms with Crippen LogP contribution < -0.4 is 0 Å². The van der Waals surface area contributed by atoms with Gasteiger partial charge in [-0.3, -0.25) is 0 Å². The van der Waals surface area contributed by atoms with Crippen molar-refractivity contribution in [1.82, 2.24) is 0 Å². The first kappa shape index (κ1) is 6.30. The van der Waals surface area contributed by atoms with E-state index in [2.05, 4.69) is 34.3 Å². The summed E-state index contributed by atoms with van der Waals surface area (Å²) in [5, 5.41) is 2.05. The van der Waals surface area contributed by atoms with Crippen LogP contribution in [0.1, 0.15) is 9.70 Å². The van der Waals surface area contributed by atoms with Gasteiger partial charge in [-0.1, -0.05) is 22.0 Å². The van der Waals surface area contributed by atoms with Gasteiger partial charge in [0.2, 0.25) is 0 Å². The van der Waals surface area contributed by atoms with E-state index in [1.54, 1.807) is 11.3 Å². The van der Waals surface area contributed by atoms with Crippen molar-refractivity contribution in [1.29, 1.82) is 0 Å². The van der Waals surface area contributed by atoms with Crippen molar-refractivity contribution < 1.29 is 0 Å². The zero-order valence-corrected chi connectivity index (χ0v) is 6.71. The standard InChI is InChI=1S/C6H6BrS/c1-5(7)6-3-2-4-8-6/h2-5H,1H2. The summed E-state index contributed by atoms with van der Waals surface area (Å²) in [6, 6.07) is 4.09. The van der Waals surface area contributed by atoms with E-state index in [1.165, 1.54) is 4.88 Å². The van der Waals surface area contributed by atoms with E-state index in [0.29, 0.717) is 0 Å². The van der Waals surface area contributed by atoms with Crippen LogP contribution in [0.2, 0.25) is 0 Å². The molecule has 1 aromatic heterocycles. The lowest BCUT2D eigenvalue weighted by Crippen LogP contribution is -1.72. The van der Waals surface area contributed by atoms with Crippen molar-refractivity contribution in [3.8, 4) is 0 Å². The van der Waals surface area contributed by atoms with Crippen molar-refractivity contribution in [2.45, 2.75) is 4.83 Å². The lowest BCUT2D eigenvalue weighted by Gasteiger charge is -1.93. The summed E-state index contributed by atoms with van der Waals surface area (Å²) in [6.45, 7) is 3.81. The van der Waals surface area contributed by atoms with E-state index < -0.39 is 0 Å². The third kappa shape index (κ3) is 1.33. The molecule has 1 rings (SSSR count). The Morgan fingerprint density at radius 3 is 2.75 bits per heavy atom. The minimum Gasteiger partial charge on any atom is -0.148 e. The molecule has 0 bridgehead atoms. The van der Waals surface area contributed by atoms with Crippen LogP contribution in [-0.4, -0.2) is 0 Å². The van der Waals surface area contributed by atoms with Gasteiger partial charge in [0.05, 0.1) is 0 Å². The van der Waals surface area contributed by atoms with Gasteiger partial charge in [0.25, 0.3) is 0 Å². The summed E-state index contributed by atoms with van der Waals surface area (Å²) < 4.78 is 0. The van der Waals surface area contributed by atoms with Crippen LogP contribution in [0.4, 0.5) is 0 Å². The lowest BCUT2D eigenvalue weighted by atomic mass is 10.4. The minimum atomic E-state index is 0.266. The Balaban J connectivity index is 2.77. The van der Waals surface area contributed by atoms with Gasteiger partial charge in [0.15, 0.2) is 0 Å². The fourth-order valence-corrected chi connectivity index (χ4v) is 1.56. The first-order chi connectivity index (χ1) is 3.80. The average molecular weight is 190 g/mol. The highest BCUT2D eigenvalue weighted by Gasteiger charge is 1.98. The first-order valence-electron chi connectivity index (χ1n) is 2.31. The molecule has 0 saturated carbocycles. The highest BCUT2D eigenvalue weighted by atomic mass is 79.9. The maximum absolute atomic E-state index is 3.81. The molecule has 1 radical (unpaired) electrons. The van der Waals surface area contributed by atoms with Crippen molar-refractivity contribution in [2.75, 3.05) is 0 Å². The molecule has 1 aromatic rings. The smallest absolute Gasteiger partial charge is 0.0489 e. The normalized spacial score (nSPS) is 13.8. The van der Waals surface area contributed by atoms with Crippen LogP contribution in [0.15, 0.2) is 17.5 Å². The molecule has 8 heavy (non-hydrogen) atoms. The van der Waals surface area contributed by atoms with E-state index in [1.807, 2.05) is 6.07 Å². The summed E-state index contributed by atoms with van der Waals surface area (Å²) in [5.41, 5.74) is 0. The number of rotatable bonds is 1. The average Bonchev–Trinajstić information content (AvgIpc) is 2.12. The molecule has 1 unspecified atom stereocenters. The van der Waals surface area contributed by atoms with E-state index in [4.69, 9.17) is 0 Å². The van der Waals surface area contributed by atoms with Gasteiger partial charge in [0.1, 0.15) is 0 Å². The maximum atomic E-state index is 3.81. The predicted molar refractivity (Wildman–Crippen MR) is 41.3 cm³/mol. The monoisotopic (exact) mass is 189 g/mol. The molecular formula is C6H6BrS. The van der Waals surface area contributed by atoms with Crippen LogP contribution >= 0.6 is 27.3 Å². The first-order valence-corrected chi connectivity index (χ1v) is 4.11. The van der Waals surface area contributed by atoms with Crippen LogP contribution in [0, 0.1) is 6.92 Å². The van der Waals surface area contributed by atoms with Crippen LogP contribution in [0.3, 0.4) is 0 Å². The Kier molecular flexibility index (Phi) is 2.08. The highest BCUT2D eigenvalue weighted by molar-refractivity contribution is 9.09. The van der Waals surface area contributed by atoms with Gasteiger partial charge >= 0.3 is 0 Å². The molecule has 0 spiro atoms. The molecule has 0 fully saturated rings. The third-order valence-corrected chi connectivity index (χ3v) is 2.63. The van der Waals surface area contributed by atoms with E-state index in [0.717, 1.165) is 0 Å². The molecule has 2 heteroatoms. The summed E-state index contributed by atoms with van der Waals surface area (Å²) in [4.78, 5) is 1.55. The molecule has 0 aliphatic rings. The summed E-state index contributed by atoms with van der Waals surface area (Å²) in [7, 11) is 0. The van der Waals surface area contributed by atoms with E-state index in [-0.39, 0.29) is 4.83 Å². The Morgan fingerprint density at radius 1 is 1.75 bits per heavy atom. The summed E-state index contributed by atoms with van der Waals surface area (Å²) in [5.74, 6) is 0. The van der Waals surface area contributed by atoms with Crippen LogP contribution in [0.25, 0.3) is 0 Å². The fraction of sp³-hybridized carbons (Fsp3) is 0.167. The lowest BCUT2D eigenvalue weighted by molar-refractivity contribution is 1.33. The maximum Gasteiger partial charge on any atom is 0.0489 e. The van der Waals surface area contributed by atoms with Gasteiger partial charge < -0.3 is 0 Å². The van der Waals surface area contributed by atoms with Crippen LogP contribution in [-0.2, 0) is 0 Å². The van der Waals surface area contributed by atoms with Gasteiger partial charge in [-0.2, -0.15) is 0 Å². The fourth-order valence-electron chi connectivity index (χ4n) is 0.469. The van der Waals surface area contributed by atoms with Crippen molar-refractivity contribution in [3.05, 3.63) is 29.3 Å². The molecule has 0 aliphatic heterocycles. The number of hydrogen-bond acceptors (Lipinski definition) is 1. The largest absolute Gasteiger partial charge is 0.148 e. The molecule has 0 nitrogen and oxygen atoms in total. The molecule has 0 aromatic carbocycles. The van der Waals surface area contributed by atoms with Gasteiger partial charge in [0, 0.05) is 9.70 Å². The summed E-state index contributed by atoms with van der Waals surface area (Å²) >= 11 is 5.08. The number of hydrogen-bond donors (Lipinski definition) is 0. The second-order valence-electron chi connectivity index (χ2n) is 1.48. The SMILES string of the molecule is [CH2]C(Br)c1cccs1. The Hall–Kier alpha value is 0.180. The topological polar surface area (TPSA) is 0 Å². The van der Waals surface area contributed by atoms with E-state index in [9.17, 15) is 0 Å². The zero-order valence-electron chi connectivity index (χ0n) is 4.30. The van der Waals surface area contributed by atoms with Gasteiger partial charge in [-0.15, -0.1) is 11.3 Å². The highest BCUT2D eigenvalue weighted by Crippen LogP contribution is 2.24. The van der Waals surface area contributed by atoms with Crippen molar-refractivity contribution in [3.63, 3.8) is 0 Å². The Labute approximate surface area is 61.7 Å². The third-order valence-electron chi connectivity index (χ3n) is 0.852. The molecule has 0 amide bonds. The molecule has 0 saturated heterocycles. The minimum absolute atomic E-state index is 0.266. The Morgan fingerprint density at radius 2 is 2.50 bits per heavy atom. The van der Waals surface area contributed by atoms with E-state index >= 15 is 0 Å². The summed E-state index contributed by atoms with van der Waals surface area (Å²) in [6.07, 6.45) is 0. The molecule has 1 atom stereocenters. The van der Waals surface area contributed by atoms with Gasteiger partial charge in [-0.25, -0.2) is 0 Å². The number of alkyl halides is 1. The predicted octanol–water partition coefficient (Wildman–Crippen LogP) is 3.02. The second kappa shape index (κ2) is 2.65. The molecule has 1 heterocycles.